The van der Waals surface area contributed by atoms with E-state index in [0.29, 0.717) is 5.71 Å². The van der Waals surface area contributed by atoms with Gasteiger partial charge >= 0.3 is 0 Å². The van der Waals surface area contributed by atoms with Gasteiger partial charge in [-0.05, 0) is 18.3 Å². The Morgan fingerprint density at radius 1 is 1.64 bits per heavy atom. The Kier molecular flexibility index (Phi) is 2.04. The Balaban J connectivity index is 2.56. The summed E-state index contributed by atoms with van der Waals surface area (Å²) >= 11 is 3.48. The summed E-state index contributed by atoms with van der Waals surface area (Å²) < 4.78 is 0. The van der Waals surface area contributed by atoms with Gasteiger partial charge in [0.1, 0.15) is 5.71 Å². The zero-order valence-corrected chi connectivity index (χ0v) is 9.97. The highest BCUT2D eigenvalue weighted by molar-refractivity contribution is 9.09. The molecule has 2 aliphatic carbocycles. The lowest BCUT2D eigenvalue weighted by atomic mass is 9.70. The Morgan fingerprint density at radius 3 is 2.64 bits per heavy atom. The van der Waals surface area contributed by atoms with Crippen LogP contribution in [0.2, 0.25) is 0 Å². The molecule has 0 spiro atoms. The molecule has 0 aromatic carbocycles. The van der Waals surface area contributed by atoms with Crippen molar-refractivity contribution < 1.29 is 10.0 Å². The molecule has 0 aliphatic heterocycles. The van der Waals surface area contributed by atoms with Gasteiger partial charge in [-0.1, -0.05) is 34.9 Å². The minimum absolute atomic E-state index is 0.0400. The second-order valence-corrected chi connectivity index (χ2v) is 5.35. The molecule has 2 aliphatic rings. The lowest BCUT2D eigenvalue weighted by Crippen LogP contribution is -2.36. The third-order valence-corrected chi connectivity index (χ3v) is 5.58. The Labute approximate surface area is 91.7 Å². The highest BCUT2D eigenvalue weighted by Gasteiger charge is 2.67. The molecular formula is C10H14BrNO2. The first-order valence-corrected chi connectivity index (χ1v) is 5.96. The van der Waals surface area contributed by atoms with Gasteiger partial charge in [-0.15, -0.1) is 0 Å². The van der Waals surface area contributed by atoms with Crippen LogP contribution in [0, 0.1) is 16.7 Å². The van der Waals surface area contributed by atoms with Crippen LogP contribution in [0.25, 0.3) is 0 Å². The normalized spacial score (nSPS) is 49.2. The average Bonchev–Trinajstić information content (AvgIpc) is 2.52. The molecule has 3 unspecified atom stereocenters. The number of oxime groups is 1. The van der Waals surface area contributed by atoms with Crippen LogP contribution >= 0.6 is 15.9 Å². The van der Waals surface area contributed by atoms with Gasteiger partial charge in [0.2, 0.25) is 0 Å². The van der Waals surface area contributed by atoms with Crippen LogP contribution in [0.5, 0.6) is 0 Å². The number of halogens is 1. The molecule has 2 saturated carbocycles. The van der Waals surface area contributed by atoms with Crippen LogP contribution in [0.4, 0.5) is 0 Å². The van der Waals surface area contributed by atoms with E-state index in [2.05, 4.69) is 28.0 Å². The Hall–Kier alpha value is -0.380. The van der Waals surface area contributed by atoms with E-state index < -0.39 is 0 Å². The Morgan fingerprint density at radius 2 is 2.29 bits per heavy atom. The average molecular weight is 260 g/mol. The molecule has 14 heavy (non-hydrogen) atoms. The molecule has 78 valence electrons. The summed E-state index contributed by atoms with van der Waals surface area (Å²) in [5.41, 5.74) is -0.0188. The van der Waals surface area contributed by atoms with Crippen LogP contribution in [0.15, 0.2) is 5.16 Å². The summed E-state index contributed by atoms with van der Waals surface area (Å²) in [7, 11) is 0. The molecule has 0 aromatic rings. The van der Waals surface area contributed by atoms with Crippen LogP contribution < -0.4 is 0 Å². The molecule has 1 N–H and O–H groups in total. The number of nitrogens with zero attached hydrogens (tertiary/aromatic N) is 1. The lowest BCUT2D eigenvalue weighted by molar-refractivity contribution is -0.123. The highest BCUT2D eigenvalue weighted by Crippen LogP contribution is 2.63. The summed E-state index contributed by atoms with van der Waals surface area (Å²) in [5, 5.41) is 12.8. The number of fused-ring (bicyclic) bond motifs is 2. The number of carbonyl (C=O) groups excluding carboxylic acids is 1. The van der Waals surface area contributed by atoms with E-state index in [4.69, 9.17) is 5.21 Å². The van der Waals surface area contributed by atoms with E-state index in [1.165, 1.54) is 0 Å². The molecule has 0 radical (unpaired) electrons. The van der Waals surface area contributed by atoms with Gasteiger partial charge in [0, 0.05) is 16.7 Å². The highest BCUT2D eigenvalue weighted by atomic mass is 79.9. The number of hydrogen-bond donors (Lipinski definition) is 1. The van der Waals surface area contributed by atoms with Crippen molar-refractivity contribution in [3.8, 4) is 0 Å². The van der Waals surface area contributed by atoms with Gasteiger partial charge in [0.05, 0.1) is 0 Å². The first kappa shape index (κ1) is 10.1. The van der Waals surface area contributed by atoms with Crippen molar-refractivity contribution in [1.82, 2.24) is 0 Å². The third-order valence-electron chi connectivity index (χ3n) is 4.41. The van der Waals surface area contributed by atoms with Gasteiger partial charge in [-0.3, -0.25) is 4.79 Å². The maximum Gasteiger partial charge on any atom is 0.187 e. The standard InChI is InChI=1S/C10H14BrNO2/c1-9-4-3-6(10(9,2)5-11)7(12-14)8(9)13/h6,14H,3-5H2,1-2H3. The zero-order chi connectivity index (χ0) is 10.6. The van der Waals surface area contributed by atoms with Gasteiger partial charge in [0.15, 0.2) is 5.78 Å². The molecule has 2 bridgehead atoms. The van der Waals surface area contributed by atoms with Crippen LogP contribution in [0.3, 0.4) is 0 Å². The van der Waals surface area contributed by atoms with E-state index >= 15 is 0 Å². The predicted octanol–water partition coefficient (Wildman–Crippen LogP) is 2.22. The smallest absolute Gasteiger partial charge is 0.187 e. The van der Waals surface area contributed by atoms with Crippen molar-refractivity contribution in [3.05, 3.63) is 0 Å². The Bertz CT molecular complexity index is 328. The lowest BCUT2D eigenvalue weighted by Gasteiger charge is -2.33. The molecule has 0 saturated heterocycles. The SMILES string of the molecule is CC12CCC(C(=NO)C1=O)C2(C)CBr. The third kappa shape index (κ3) is 0.835. The number of rotatable bonds is 1. The second-order valence-electron chi connectivity index (χ2n) is 4.79. The fraction of sp³-hybridized carbons (Fsp3) is 0.800. The van der Waals surface area contributed by atoms with Crippen LogP contribution in [0.1, 0.15) is 26.7 Å². The minimum atomic E-state index is -0.331. The van der Waals surface area contributed by atoms with Crippen LogP contribution in [-0.4, -0.2) is 22.0 Å². The topological polar surface area (TPSA) is 49.7 Å². The largest absolute Gasteiger partial charge is 0.411 e. The summed E-state index contributed by atoms with van der Waals surface area (Å²) in [6, 6.07) is 0. The molecule has 4 heteroatoms. The summed E-state index contributed by atoms with van der Waals surface area (Å²) in [5.74, 6) is 0.169. The van der Waals surface area contributed by atoms with Crippen molar-refractivity contribution in [2.75, 3.05) is 5.33 Å². The van der Waals surface area contributed by atoms with E-state index in [9.17, 15) is 4.79 Å². The van der Waals surface area contributed by atoms with Gasteiger partial charge in [0.25, 0.3) is 0 Å². The van der Waals surface area contributed by atoms with Crippen molar-refractivity contribution in [1.29, 1.82) is 0 Å². The van der Waals surface area contributed by atoms with Crippen molar-refractivity contribution in [2.24, 2.45) is 21.9 Å². The van der Waals surface area contributed by atoms with Crippen molar-refractivity contribution in [2.45, 2.75) is 26.7 Å². The van der Waals surface area contributed by atoms with Gasteiger partial charge < -0.3 is 5.21 Å². The second kappa shape index (κ2) is 2.81. The van der Waals surface area contributed by atoms with Gasteiger partial charge in [-0.2, -0.15) is 0 Å². The summed E-state index contributed by atoms with van der Waals surface area (Å²) in [6.07, 6.45) is 1.88. The summed E-state index contributed by atoms with van der Waals surface area (Å²) in [4.78, 5) is 12.0. The molecule has 0 amide bonds. The fourth-order valence-corrected chi connectivity index (χ4v) is 4.04. The first-order chi connectivity index (χ1) is 6.51. The number of hydrogen-bond acceptors (Lipinski definition) is 3. The van der Waals surface area contributed by atoms with Crippen LogP contribution in [-0.2, 0) is 4.79 Å². The number of carbonyl (C=O) groups is 1. The van der Waals surface area contributed by atoms with E-state index in [0.717, 1.165) is 18.2 Å². The quantitative estimate of drug-likeness (QED) is 0.446. The van der Waals surface area contributed by atoms with E-state index in [1.807, 2.05) is 6.92 Å². The van der Waals surface area contributed by atoms with Crippen molar-refractivity contribution in [3.63, 3.8) is 0 Å². The van der Waals surface area contributed by atoms with Gasteiger partial charge in [-0.25, -0.2) is 0 Å². The first-order valence-electron chi connectivity index (χ1n) is 4.84. The molecule has 3 atom stereocenters. The van der Waals surface area contributed by atoms with E-state index in [1.54, 1.807) is 0 Å². The summed E-state index contributed by atoms with van der Waals surface area (Å²) in [6.45, 7) is 4.10. The molecule has 2 fully saturated rings. The molecule has 2 rings (SSSR count). The van der Waals surface area contributed by atoms with E-state index in [-0.39, 0.29) is 22.5 Å². The zero-order valence-electron chi connectivity index (χ0n) is 8.38. The van der Waals surface area contributed by atoms with Crippen molar-refractivity contribution >= 4 is 27.4 Å². The molecular weight excluding hydrogens is 246 g/mol. The molecule has 3 nitrogen and oxygen atoms in total. The maximum atomic E-state index is 12.0. The fourth-order valence-electron chi connectivity index (χ4n) is 3.03. The molecule has 0 aromatic heterocycles. The number of ketones is 1. The number of Topliss-reactive ketones (excluding diaryl/α,β-unsaturated/α-hetero) is 1. The predicted molar refractivity (Wildman–Crippen MR) is 57.0 cm³/mol. The molecule has 0 heterocycles. The maximum absolute atomic E-state index is 12.0. The minimum Gasteiger partial charge on any atom is -0.411 e. The monoisotopic (exact) mass is 259 g/mol. The number of alkyl halides is 1.